The first-order valence-corrected chi connectivity index (χ1v) is 6.75. The molecule has 0 heterocycles. The average Bonchev–Trinajstić information content (AvgIpc) is 2.97. The predicted molar refractivity (Wildman–Crippen MR) is 56.0 cm³/mol. The summed E-state index contributed by atoms with van der Waals surface area (Å²) in [5.74, 6) is 0. The number of hydrogen-bond donors (Lipinski definition) is 0. The minimum atomic E-state index is -3.66. The van der Waals surface area contributed by atoms with Crippen LogP contribution in [0.5, 0.6) is 0 Å². The van der Waals surface area contributed by atoms with Gasteiger partial charge in [-0.1, -0.05) is 12.1 Å². The first-order chi connectivity index (χ1) is 6.98. The van der Waals surface area contributed by atoms with Gasteiger partial charge in [-0.2, -0.15) is 5.26 Å². The molecule has 1 saturated carbocycles. The lowest BCUT2D eigenvalue weighted by Crippen LogP contribution is -2.02. The molecule has 78 valence electrons. The lowest BCUT2D eigenvalue weighted by Gasteiger charge is -2.05. The molecule has 0 bridgehead atoms. The topological polar surface area (TPSA) is 57.9 Å². The van der Waals surface area contributed by atoms with Gasteiger partial charge in [0.25, 0.3) is 9.05 Å². The van der Waals surface area contributed by atoms with Crippen molar-refractivity contribution in [1.82, 2.24) is 0 Å². The van der Waals surface area contributed by atoms with Gasteiger partial charge in [-0.05, 0) is 30.5 Å². The van der Waals surface area contributed by atoms with Gasteiger partial charge in [0.15, 0.2) is 0 Å². The highest BCUT2D eigenvalue weighted by Gasteiger charge is 2.44. The highest BCUT2D eigenvalue weighted by molar-refractivity contribution is 8.13. The maximum absolute atomic E-state index is 11.0. The molecule has 0 unspecified atom stereocenters. The molecule has 2 rings (SSSR count). The van der Waals surface area contributed by atoms with Gasteiger partial charge in [0.1, 0.15) is 0 Å². The van der Waals surface area contributed by atoms with Crippen molar-refractivity contribution in [2.45, 2.75) is 23.2 Å². The quantitative estimate of drug-likeness (QED) is 0.746. The van der Waals surface area contributed by atoms with Crippen LogP contribution in [0.15, 0.2) is 29.2 Å². The van der Waals surface area contributed by atoms with Crippen molar-refractivity contribution in [1.29, 1.82) is 5.26 Å². The molecule has 5 heteroatoms. The number of hydrogen-bond acceptors (Lipinski definition) is 3. The molecule has 1 fully saturated rings. The summed E-state index contributed by atoms with van der Waals surface area (Å²) in [5.41, 5.74) is 0.489. The average molecular weight is 242 g/mol. The van der Waals surface area contributed by atoms with Gasteiger partial charge in [-0.3, -0.25) is 0 Å². The Balaban J connectivity index is 2.38. The lowest BCUT2D eigenvalue weighted by molar-refractivity contribution is 0.609. The second-order valence-electron chi connectivity index (χ2n) is 3.66. The van der Waals surface area contributed by atoms with E-state index in [4.69, 9.17) is 15.9 Å². The van der Waals surface area contributed by atoms with Crippen molar-refractivity contribution in [2.75, 3.05) is 0 Å². The fourth-order valence-electron chi connectivity index (χ4n) is 1.53. The summed E-state index contributed by atoms with van der Waals surface area (Å²) in [6, 6.07) is 8.44. The van der Waals surface area contributed by atoms with E-state index in [2.05, 4.69) is 6.07 Å². The Morgan fingerprint density at radius 3 is 2.13 bits per heavy atom. The molecule has 15 heavy (non-hydrogen) atoms. The highest BCUT2D eigenvalue weighted by Crippen LogP contribution is 2.47. The van der Waals surface area contributed by atoms with Crippen molar-refractivity contribution >= 4 is 19.7 Å². The lowest BCUT2D eigenvalue weighted by atomic mass is 9.98. The summed E-state index contributed by atoms with van der Waals surface area (Å²) in [4.78, 5) is 0.0710. The van der Waals surface area contributed by atoms with Gasteiger partial charge in [0.2, 0.25) is 0 Å². The Bertz CT molecular complexity index is 524. The molecule has 1 aliphatic rings. The third-order valence-electron chi connectivity index (χ3n) is 2.65. The van der Waals surface area contributed by atoms with Crippen molar-refractivity contribution in [3.05, 3.63) is 29.8 Å². The van der Waals surface area contributed by atoms with Crippen LogP contribution >= 0.6 is 10.7 Å². The van der Waals surface area contributed by atoms with Crippen LogP contribution in [0.25, 0.3) is 0 Å². The highest BCUT2D eigenvalue weighted by atomic mass is 35.7. The number of halogens is 1. The maximum atomic E-state index is 11.0. The zero-order valence-corrected chi connectivity index (χ0v) is 9.35. The van der Waals surface area contributed by atoms with E-state index >= 15 is 0 Å². The minimum absolute atomic E-state index is 0.0710. The van der Waals surface area contributed by atoms with Crippen LogP contribution in [-0.4, -0.2) is 8.42 Å². The predicted octanol–water partition coefficient (Wildman–Crippen LogP) is 2.17. The summed E-state index contributed by atoms with van der Waals surface area (Å²) in [6.45, 7) is 0. The van der Waals surface area contributed by atoms with E-state index < -0.39 is 9.05 Å². The standard InChI is InChI=1S/C10H8ClNO2S/c11-15(13,14)9-3-1-8(2-4-9)10(7-12)5-6-10/h1-4H,5-6H2. The van der Waals surface area contributed by atoms with Gasteiger partial charge in [-0.15, -0.1) is 0 Å². The normalized spacial score (nSPS) is 18.1. The number of rotatable bonds is 2. The molecule has 0 spiro atoms. The SMILES string of the molecule is N#CC1(c2ccc(S(=O)(=O)Cl)cc2)CC1. The Kier molecular flexibility index (Phi) is 2.25. The van der Waals surface area contributed by atoms with Gasteiger partial charge in [-0.25, -0.2) is 8.42 Å². The first kappa shape index (κ1) is 10.5. The van der Waals surface area contributed by atoms with E-state index in [1.807, 2.05) is 0 Å². The van der Waals surface area contributed by atoms with Gasteiger partial charge in [0.05, 0.1) is 16.4 Å². The molecule has 1 aliphatic carbocycles. The second kappa shape index (κ2) is 3.22. The fourth-order valence-corrected chi connectivity index (χ4v) is 2.30. The molecule has 0 amide bonds. The number of nitrogens with zero attached hydrogens (tertiary/aromatic N) is 1. The van der Waals surface area contributed by atoms with Crippen molar-refractivity contribution < 1.29 is 8.42 Å². The molecule has 0 atom stereocenters. The molecular weight excluding hydrogens is 234 g/mol. The smallest absolute Gasteiger partial charge is 0.207 e. The van der Waals surface area contributed by atoms with Crippen LogP contribution < -0.4 is 0 Å². The Labute approximate surface area is 92.7 Å². The minimum Gasteiger partial charge on any atom is -0.207 e. The summed E-state index contributed by atoms with van der Waals surface area (Å²) >= 11 is 0. The molecule has 0 aliphatic heterocycles. The summed E-state index contributed by atoms with van der Waals surface area (Å²) in [5, 5.41) is 8.94. The molecule has 0 aromatic heterocycles. The second-order valence-corrected chi connectivity index (χ2v) is 6.22. The summed E-state index contributed by atoms with van der Waals surface area (Å²) in [6.07, 6.45) is 1.69. The maximum Gasteiger partial charge on any atom is 0.261 e. The van der Waals surface area contributed by atoms with Crippen LogP contribution in [0.2, 0.25) is 0 Å². The fraction of sp³-hybridized carbons (Fsp3) is 0.300. The zero-order chi connectivity index (χ0) is 11.1. The molecule has 3 nitrogen and oxygen atoms in total. The number of nitriles is 1. The van der Waals surface area contributed by atoms with Crippen LogP contribution in [0.1, 0.15) is 18.4 Å². The Morgan fingerprint density at radius 2 is 1.80 bits per heavy atom. The monoisotopic (exact) mass is 241 g/mol. The molecule has 0 radical (unpaired) electrons. The van der Waals surface area contributed by atoms with Crippen LogP contribution in [0.4, 0.5) is 0 Å². The van der Waals surface area contributed by atoms with Crippen molar-refractivity contribution in [3.8, 4) is 6.07 Å². The third-order valence-corrected chi connectivity index (χ3v) is 4.02. The van der Waals surface area contributed by atoms with Crippen LogP contribution in [0.3, 0.4) is 0 Å². The zero-order valence-electron chi connectivity index (χ0n) is 7.77. The van der Waals surface area contributed by atoms with E-state index in [9.17, 15) is 8.42 Å². The third kappa shape index (κ3) is 1.85. The van der Waals surface area contributed by atoms with Crippen molar-refractivity contribution in [2.24, 2.45) is 0 Å². The molecule has 1 aromatic carbocycles. The molecule has 0 N–H and O–H groups in total. The summed E-state index contributed by atoms with van der Waals surface area (Å²) in [7, 11) is 1.52. The van der Waals surface area contributed by atoms with Crippen molar-refractivity contribution in [3.63, 3.8) is 0 Å². The van der Waals surface area contributed by atoms with E-state index in [-0.39, 0.29) is 10.3 Å². The van der Waals surface area contributed by atoms with Gasteiger partial charge in [0, 0.05) is 10.7 Å². The summed E-state index contributed by atoms with van der Waals surface area (Å²) < 4.78 is 22.0. The molecule has 1 aromatic rings. The molecular formula is C10H8ClNO2S. The number of benzene rings is 1. The largest absolute Gasteiger partial charge is 0.261 e. The Hall–Kier alpha value is -1.05. The molecule has 0 saturated heterocycles. The Morgan fingerprint density at radius 1 is 1.27 bits per heavy atom. The van der Waals surface area contributed by atoms with Crippen LogP contribution in [-0.2, 0) is 14.5 Å². The van der Waals surface area contributed by atoms with Crippen LogP contribution in [0, 0.1) is 11.3 Å². The van der Waals surface area contributed by atoms with Gasteiger partial charge >= 0.3 is 0 Å². The van der Waals surface area contributed by atoms with E-state index in [0.717, 1.165) is 18.4 Å². The first-order valence-electron chi connectivity index (χ1n) is 4.44. The van der Waals surface area contributed by atoms with E-state index in [1.54, 1.807) is 12.1 Å². The van der Waals surface area contributed by atoms with Gasteiger partial charge < -0.3 is 0 Å². The van der Waals surface area contributed by atoms with E-state index in [0.29, 0.717) is 0 Å². The van der Waals surface area contributed by atoms with E-state index in [1.165, 1.54) is 12.1 Å².